The van der Waals surface area contributed by atoms with Gasteiger partial charge in [0.05, 0.1) is 13.2 Å². The van der Waals surface area contributed by atoms with Crippen LogP contribution in [0.5, 0.6) is 0 Å². The fraction of sp³-hybridized carbons (Fsp3) is 1.00. The van der Waals surface area contributed by atoms with Crippen LogP contribution < -0.4 is 5.32 Å². The lowest BCUT2D eigenvalue weighted by Crippen LogP contribution is -2.51. The first-order chi connectivity index (χ1) is 4.91. The number of hydrogen-bond donors (Lipinski definition) is 1. The van der Waals surface area contributed by atoms with Crippen molar-refractivity contribution in [3.63, 3.8) is 0 Å². The van der Waals surface area contributed by atoms with Crippen LogP contribution in [0.1, 0.15) is 27.7 Å². The highest BCUT2D eigenvalue weighted by Crippen LogP contribution is 2.25. The molecule has 0 aromatic heterocycles. The molecular weight excluding hydrogens is 138 g/mol. The first-order valence-corrected chi connectivity index (χ1v) is 4.24. The summed E-state index contributed by atoms with van der Waals surface area (Å²) in [7, 11) is 0. The first-order valence-electron chi connectivity index (χ1n) is 4.24. The molecule has 11 heavy (non-hydrogen) atoms. The molecule has 0 aromatic carbocycles. The van der Waals surface area contributed by atoms with Gasteiger partial charge in [-0.1, -0.05) is 6.92 Å². The van der Waals surface area contributed by atoms with Crippen LogP contribution in [0.2, 0.25) is 0 Å². The molecule has 0 aliphatic carbocycles. The van der Waals surface area contributed by atoms with Crippen molar-refractivity contribution in [3.8, 4) is 0 Å². The Morgan fingerprint density at radius 2 is 1.91 bits per heavy atom. The van der Waals surface area contributed by atoms with Crippen LogP contribution in [-0.2, 0) is 4.74 Å². The van der Waals surface area contributed by atoms with E-state index in [1.54, 1.807) is 0 Å². The summed E-state index contributed by atoms with van der Waals surface area (Å²) in [6.07, 6.45) is 0. The molecule has 1 fully saturated rings. The monoisotopic (exact) mass is 157 g/mol. The quantitative estimate of drug-likeness (QED) is 0.654. The van der Waals surface area contributed by atoms with Crippen LogP contribution in [0.4, 0.5) is 0 Å². The van der Waals surface area contributed by atoms with Crippen molar-refractivity contribution in [2.45, 2.75) is 33.2 Å². The minimum absolute atomic E-state index is 0.235. The van der Waals surface area contributed by atoms with Gasteiger partial charge in [0.1, 0.15) is 0 Å². The molecular formula is C9H19NO. The van der Waals surface area contributed by atoms with Crippen LogP contribution in [0.3, 0.4) is 0 Å². The van der Waals surface area contributed by atoms with E-state index < -0.39 is 0 Å². The Balaban J connectivity index is 2.21. The smallest absolute Gasteiger partial charge is 0.0554 e. The van der Waals surface area contributed by atoms with Crippen molar-refractivity contribution < 1.29 is 4.74 Å². The van der Waals surface area contributed by atoms with Crippen molar-refractivity contribution >= 4 is 0 Å². The number of rotatable bonds is 2. The summed E-state index contributed by atoms with van der Waals surface area (Å²) in [5.41, 5.74) is 0.631. The van der Waals surface area contributed by atoms with Crippen molar-refractivity contribution in [1.82, 2.24) is 5.32 Å². The maximum absolute atomic E-state index is 5.16. The van der Waals surface area contributed by atoms with E-state index in [0.29, 0.717) is 5.41 Å². The summed E-state index contributed by atoms with van der Waals surface area (Å²) in [6, 6.07) is 0. The van der Waals surface area contributed by atoms with Crippen LogP contribution in [0, 0.1) is 5.41 Å². The second-order valence-electron chi connectivity index (χ2n) is 4.91. The summed E-state index contributed by atoms with van der Waals surface area (Å²) < 4.78 is 5.16. The fourth-order valence-corrected chi connectivity index (χ4v) is 1.03. The predicted molar refractivity (Wildman–Crippen MR) is 46.7 cm³/mol. The van der Waals surface area contributed by atoms with Crippen LogP contribution in [0.15, 0.2) is 0 Å². The highest BCUT2D eigenvalue weighted by Gasteiger charge is 2.33. The lowest BCUT2D eigenvalue weighted by atomic mass is 9.88. The standard InChI is InChI=1S/C9H19NO/c1-8(2,3)10-5-9(4)6-11-7-9/h10H,5-7H2,1-4H3. The molecule has 0 aromatic rings. The van der Waals surface area contributed by atoms with Gasteiger partial charge in [-0.2, -0.15) is 0 Å². The normalized spacial score (nSPS) is 22.9. The Kier molecular flexibility index (Phi) is 2.26. The van der Waals surface area contributed by atoms with E-state index in [1.165, 1.54) is 0 Å². The Bertz CT molecular complexity index is 133. The third-order valence-corrected chi connectivity index (χ3v) is 1.95. The summed E-state index contributed by atoms with van der Waals surface area (Å²) in [5, 5.41) is 3.48. The van der Waals surface area contributed by atoms with Gasteiger partial charge in [0, 0.05) is 17.5 Å². The number of hydrogen-bond acceptors (Lipinski definition) is 2. The minimum Gasteiger partial charge on any atom is -0.380 e. The van der Waals surface area contributed by atoms with E-state index in [1.807, 2.05) is 0 Å². The molecule has 1 aliphatic heterocycles. The minimum atomic E-state index is 0.235. The highest BCUT2D eigenvalue weighted by molar-refractivity contribution is 4.85. The van der Waals surface area contributed by atoms with E-state index in [-0.39, 0.29) is 5.54 Å². The largest absolute Gasteiger partial charge is 0.380 e. The zero-order valence-corrected chi connectivity index (χ0v) is 8.03. The molecule has 0 atom stereocenters. The molecule has 1 N–H and O–H groups in total. The van der Waals surface area contributed by atoms with Gasteiger partial charge in [0.15, 0.2) is 0 Å². The molecule has 0 saturated carbocycles. The SMILES string of the molecule is CC1(CNC(C)(C)C)COC1. The van der Waals surface area contributed by atoms with Gasteiger partial charge in [0.25, 0.3) is 0 Å². The van der Waals surface area contributed by atoms with Crippen molar-refractivity contribution in [2.75, 3.05) is 19.8 Å². The average molecular weight is 157 g/mol. The van der Waals surface area contributed by atoms with Gasteiger partial charge in [0.2, 0.25) is 0 Å². The summed E-state index contributed by atoms with van der Waals surface area (Å²) in [5.74, 6) is 0. The zero-order valence-electron chi connectivity index (χ0n) is 8.03. The molecule has 2 heteroatoms. The van der Waals surface area contributed by atoms with Gasteiger partial charge in [-0.05, 0) is 20.8 Å². The third kappa shape index (κ3) is 2.80. The van der Waals surface area contributed by atoms with E-state index in [2.05, 4.69) is 33.0 Å². The van der Waals surface area contributed by atoms with Gasteiger partial charge in [-0.15, -0.1) is 0 Å². The Labute approximate surface area is 69.3 Å². The predicted octanol–water partition coefficient (Wildman–Crippen LogP) is 1.41. The summed E-state index contributed by atoms with van der Waals surface area (Å²) >= 11 is 0. The zero-order chi connectivity index (χ0) is 8.54. The average Bonchev–Trinajstić information content (AvgIpc) is 1.77. The van der Waals surface area contributed by atoms with E-state index in [4.69, 9.17) is 4.74 Å². The van der Waals surface area contributed by atoms with Crippen molar-refractivity contribution in [2.24, 2.45) is 5.41 Å². The van der Waals surface area contributed by atoms with Gasteiger partial charge in [-0.3, -0.25) is 0 Å². The van der Waals surface area contributed by atoms with E-state index >= 15 is 0 Å². The van der Waals surface area contributed by atoms with Gasteiger partial charge in [-0.25, -0.2) is 0 Å². The third-order valence-electron chi connectivity index (χ3n) is 1.95. The van der Waals surface area contributed by atoms with Gasteiger partial charge < -0.3 is 10.1 Å². The maximum atomic E-state index is 5.16. The second kappa shape index (κ2) is 2.76. The molecule has 1 aliphatic rings. The molecule has 66 valence electrons. The molecule has 1 saturated heterocycles. The Hall–Kier alpha value is -0.0800. The van der Waals surface area contributed by atoms with Crippen LogP contribution in [0.25, 0.3) is 0 Å². The van der Waals surface area contributed by atoms with Crippen molar-refractivity contribution in [3.05, 3.63) is 0 Å². The second-order valence-corrected chi connectivity index (χ2v) is 4.91. The Morgan fingerprint density at radius 3 is 2.18 bits per heavy atom. The molecule has 1 rings (SSSR count). The first kappa shape index (κ1) is 9.01. The number of nitrogens with one attached hydrogen (secondary N) is 1. The topological polar surface area (TPSA) is 21.3 Å². The van der Waals surface area contributed by atoms with Crippen LogP contribution >= 0.6 is 0 Å². The molecule has 0 amide bonds. The Morgan fingerprint density at radius 1 is 1.36 bits per heavy atom. The van der Waals surface area contributed by atoms with E-state index in [9.17, 15) is 0 Å². The van der Waals surface area contributed by atoms with E-state index in [0.717, 1.165) is 19.8 Å². The fourth-order valence-electron chi connectivity index (χ4n) is 1.03. The molecule has 0 unspecified atom stereocenters. The van der Waals surface area contributed by atoms with Crippen LogP contribution in [-0.4, -0.2) is 25.3 Å². The summed E-state index contributed by atoms with van der Waals surface area (Å²) in [4.78, 5) is 0. The molecule has 0 spiro atoms. The molecule has 0 radical (unpaired) electrons. The molecule has 0 bridgehead atoms. The molecule has 1 heterocycles. The van der Waals surface area contributed by atoms with Crippen molar-refractivity contribution in [1.29, 1.82) is 0 Å². The lowest BCUT2D eigenvalue weighted by molar-refractivity contribution is -0.101. The lowest BCUT2D eigenvalue weighted by Gasteiger charge is -2.40. The number of ether oxygens (including phenoxy) is 1. The van der Waals surface area contributed by atoms with Gasteiger partial charge >= 0.3 is 0 Å². The summed E-state index contributed by atoms with van der Waals surface area (Å²) in [6.45, 7) is 11.7. The molecule has 2 nitrogen and oxygen atoms in total. The highest BCUT2D eigenvalue weighted by atomic mass is 16.5. The maximum Gasteiger partial charge on any atom is 0.0554 e.